The topological polar surface area (TPSA) is 29.9 Å². The predicted molar refractivity (Wildman–Crippen MR) is 74.1 cm³/mol. The summed E-state index contributed by atoms with van der Waals surface area (Å²) < 4.78 is 2.06. The summed E-state index contributed by atoms with van der Waals surface area (Å²) in [4.78, 5) is 4.14. The zero-order valence-electron chi connectivity index (χ0n) is 11.1. The Kier molecular flexibility index (Phi) is 4.53. The zero-order valence-corrected chi connectivity index (χ0v) is 11.1. The number of hydrogen-bond donors (Lipinski definition) is 1. The highest BCUT2D eigenvalue weighted by Gasteiger charge is 2.10. The van der Waals surface area contributed by atoms with E-state index >= 15 is 0 Å². The van der Waals surface area contributed by atoms with E-state index in [-0.39, 0.29) is 0 Å². The summed E-state index contributed by atoms with van der Waals surface area (Å²) in [5, 5.41) is 3.62. The van der Waals surface area contributed by atoms with Gasteiger partial charge in [0, 0.05) is 25.8 Å². The third-order valence-corrected chi connectivity index (χ3v) is 3.23. The fourth-order valence-corrected chi connectivity index (χ4v) is 2.14. The number of rotatable bonds is 6. The molecule has 0 saturated heterocycles. The Morgan fingerprint density at radius 3 is 2.67 bits per heavy atom. The van der Waals surface area contributed by atoms with Gasteiger partial charge in [-0.15, -0.1) is 0 Å². The molecular formula is C15H21N3. The SMILES string of the molecule is CCCC(NCc1cncn1C)c1ccccc1. The second-order valence-electron chi connectivity index (χ2n) is 4.63. The Bertz CT molecular complexity index is 462. The molecule has 1 aromatic carbocycles. The van der Waals surface area contributed by atoms with Crippen LogP contribution in [0.25, 0.3) is 0 Å². The maximum absolute atomic E-state index is 4.14. The largest absolute Gasteiger partial charge is 0.337 e. The van der Waals surface area contributed by atoms with Crippen LogP contribution in [0.3, 0.4) is 0 Å². The molecule has 2 rings (SSSR count). The maximum Gasteiger partial charge on any atom is 0.0945 e. The van der Waals surface area contributed by atoms with E-state index in [0.717, 1.165) is 13.0 Å². The quantitative estimate of drug-likeness (QED) is 0.845. The van der Waals surface area contributed by atoms with Gasteiger partial charge < -0.3 is 9.88 Å². The van der Waals surface area contributed by atoms with Crippen LogP contribution in [0, 0.1) is 0 Å². The minimum Gasteiger partial charge on any atom is -0.337 e. The molecule has 18 heavy (non-hydrogen) atoms. The molecule has 0 aliphatic rings. The van der Waals surface area contributed by atoms with Crippen LogP contribution in [0.1, 0.15) is 37.1 Å². The third kappa shape index (κ3) is 3.20. The molecule has 0 bridgehead atoms. The van der Waals surface area contributed by atoms with Gasteiger partial charge in [0.2, 0.25) is 0 Å². The molecule has 3 heteroatoms. The Morgan fingerprint density at radius 1 is 1.28 bits per heavy atom. The Balaban J connectivity index is 2.01. The molecule has 1 heterocycles. The molecule has 0 aliphatic heterocycles. The minimum absolute atomic E-state index is 0.422. The van der Waals surface area contributed by atoms with Crippen molar-refractivity contribution in [2.24, 2.45) is 7.05 Å². The fraction of sp³-hybridized carbons (Fsp3) is 0.400. The molecule has 96 valence electrons. The molecule has 0 aliphatic carbocycles. The van der Waals surface area contributed by atoms with Crippen molar-refractivity contribution < 1.29 is 0 Å². The van der Waals surface area contributed by atoms with Crippen LogP contribution in [0.4, 0.5) is 0 Å². The van der Waals surface area contributed by atoms with E-state index in [1.807, 2.05) is 19.6 Å². The first-order valence-corrected chi connectivity index (χ1v) is 6.54. The molecule has 2 aromatic rings. The van der Waals surface area contributed by atoms with E-state index in [0.29, 0.717) is 6.04 Å². The summed E-state index contributed by atoms with van der Waals surface area (Å²) in [6.07, 6.45) is 6.09. The van der Waals surface area contributed by atoms with Crippen LogP contribution in [0.2, 0.25) is 0 Å². The average molecular weight is 243 g/mol. The Hall–Kier alpha value is -1.61. The van der Waals surface area contributed by atoms with Crippen LogP contribution < -0.4 is 5.32 Å². The van der Waals surface area contributed by atoms with Crippen LogP contribution in [0.5, 0.6) is 0 Å². The Morgan fingerprint density at radius 2 is 2.06 bits per heavy atom. The van der Waals surface area contributed by atoms with Crippen LogP contribution >= 0.6 is 0 Å². The van der Waals surface area contributed by atoms with Gasteiger partial charge in [-0.05, 0) is 12.0 Å². The van der Waals surface area contributed by atoms with Crippen molar-refractivity contribution in [2.45, 2.75) is 32.4 Å². The number of nitrogens with one attached hydrogen (secondary N) is 1. The second-order valence-corrected chi connectivity index (χ2v) is 4.63. The van der Waals surface area contributed by atoms with E-state index in [1.54, 1.807) is 0 Å². The van der Waals surface area contributed by atoms with Gasteiger partial charge in [-0.1, -0.05) is 43.7 Å². The molecule has 1 atom stereocenters. The van der Waals surface area contributed by atoms with Crippen molar-refractivity contribution >= 4 is 0 Å². The van der Waals surface area contributed by atoms with Crippen LogP contribution in [-0.2, 0) is 13.6 Å². The summed E-state index contributed by atoms with van der Waals surface area (Å²) in [7, 11) is 2.03. The number of imidazole rings is 1. The summed E-state index contributed by atoms with van der Waals surface area (Å²) >= 11 is 0. The number of aryl methyl sites for hydroxylation is 1. The van der Waals surface area contributed by atoms with Crippen molar-refractivity contribution in [3.8, 4) is 0 Å². The first-order valence-electron chi connectivity index (χ1n) is 6.54. The van der Waals surface area contributed by atoms with E-state index in [2.05, 4.69) is 52.1 Å². The van der Waals surface area contributed by atoms with Gasteiger partial charge in [0.25, 0.3) is 0 Å². The lowest BCUT2D eigenvalue weighted by atomic mass is 10.0. The summed E-state index contributed by atoms with van der Waals surface area (Å²) in [5.41, 5.74) is 2.58. The summed E-state index contributed by atoms with van der Waals surface area (Å²) in [6, 6.07) is 11.1. The molecule has 0 radical (unpaired) electrons. The first kappa shape index (κ1) is 12.8. The standard InChI is InChI=1S/C15H21N3/c1-3-7-15(13-8-5-4-6-9-13)17-11-14-10-16-12-18(14)2/h4-6,8-10,12,15,17H,3,7,11H2,1-2H3. The van der Waals surface area contributed by atoms with Crippen LogP contribution in [0.15, 0.2) is 42.9 Å². The average Bonchev–Trinajstić information content (AvgIpc) is 2.81. The Labute approximate surface area is 109 Å². The van der Waals surface area contributed by atoms with Crippen LogP contribution in [-0.4, -0.2) is 9.55 Å². The van der Waals surface area contributed by atoms with E-state index in [9.17, 15) is 0 Å². The first-order chi connectivity index (χ1) is 8.81. The molecule has 0 spiro atoms. The van der Waals surface area contributed by atoms with Crippen molar-refractivity contribution in [3.63, 3.8) is 0 Å². The lowest BCUT2D eigenvalue weighted by Crippen LogP contribution is -2.21. The van der Waals surface area contributed by atoms with Gasteiger partial charge in [0.05, 0.1) is 12.0 Å². The lowest BCUT2D eigenvalue weighted by Gasteiger charge is -2.18. The summed E-state index contributed by atoms with van der Waals surface area (Å²) in [5.74, 6) is 0. The van der Waals surface area contributed by atoms with Gasteiger partial charge >= 0.3 is 0 Å². The second kappa shape index (κ2) is 6.36. The van der Waals surface area contributed by atoms with E-state index in [1.165, 1.54) is 17.7 Å². The van der Waals surface area contributed by atoms with Crippen molar-refractivity contribution in [1.82, 2.24) is 14.9 Å². The number of aromatic nitrogens is 2. The highest BCUT2D eigenvalue weighted by molar-refractivity contribution is 5.19. The molecular weight excluding hydrogens is 222 g/mol. The molecule has 0 fully saturated rings. The molecule has 0 saturated carbocycles. The van der Waals surface area contributed by atoms with Gasteiger partial charge in [-0.2, -0.15) is 0 Å². The normalized spacial score (nSPS) is 12.6. The number of hydrogen-bond acceptors (Lipinski definition) is 2. The zero-order chi connectivity index (χ0) is 12.8. The maximum atomic E-state index is 4.14. The third-order valence-electron chi connectivity index (χ3n) is 3.23. The summed E-state index contributed by atoms with van der Waals surface area (Å²) in [6.45, 7) is 3.08. The smallest absolute Gasteiger partial charge is 0.0945 e. The molecule has 1 aromatic heterocycles. The van der Waals surface area contributed by atoms with Gasteiger partial charge in [-0.25, -0.2) is 4.98 Å². The van der Waals surface area contributed by atoms with Crippen molar-refractivity contribution in [3.05, 3.63) is 54.1 Å². The number of benzene rings is 1. The van der Waals surface area contributed by atoms with Crippen molar-refractivity contribution in [1.29, 1.82) is 0 Å². The van der Waals surface area contributed by atoms with Gasteiger partial charge in [-0.3, -0.25) is 0 Å². The molecule has 3 nitrogen and oxygen atoms in total. The monoisotopic (exact) mass is 243 g/mol. The molecule has 1 N–H and O–H groups in total. The van der Waals surface area contributed by atoms with Gasteiger partial charge in [0.15, 0.2) is 0 Å². The predicted octanol–water partition coefficient (Wildman–Crippen LogP) is 3.05. The highest BCUT2D eigenvalue weighted by atomic mass is 15.0. The van der Waals surface area contributed by atoms with E-state index in [4.69, 9.17) is 0 Å². The fourth-order valence-electron chi connectivity index (χ4n) is 2.14. The lowest BCUT2D eigenvalue weighted by molar-refractivity contribution is 0.485. The van der Waals surface area contributed by atoms with E-state index < -0.39 is 0 Å². The number of nitrogens with zero attached hydrogens (tertiary/aromatic N) is 2. The van der Waals surface area contributed by atoms with Crippen molar-refractivity contribution in [2.75, 3.05) is 0 Å². The molecule has 1 unspecified atom stereocenters. The molecule has 0 amide bonds. The van der Waals surface area contributed by atoms with Gasteiger partial charge in [0.1, 0.15) is 0 Å². The minimum atomic E-state index is 0.422. The highest BCUT2D eigenvalue weighted by Crippen LogP contribution is 2.18.